The van der Waals surface area contributed by atoms with E-state index in [2.05, 4.69) is 10.3 Å². The van der Waals surface area contributed by atoms with E-state index in [-0.39, 0.29) is 17.1 Å². The predicted octanol–water partition coefficient (Wildman–Crippen LogP) is 2.64. The SMILES string of the molecule is O=[N+]([O-])c1ccc(-c2nc(CNC3CC3)co2)c(F)c1. The van der Waals surface area contributed by atoms with Crippen LogP contribution >= 0.6 is 0 Å². The minimum absolute atomic E-state index is 0.119. The zero-order valence-electron chi connectivity index (χ0n) is 10.5. The Labute approximate surface area is 113 Å². The average Bonchev–Trinajstić information content (AvgIpc) is 3.14. The Hall–Kier alpha value is -2.28. The molecule has 20 heavy (non-hydrogen) atoms. The number of halogens is 1. The third-order valence-electron chi connectivity index (χ3n) is 3.09. The lowest BCUT2D eigenvalue weighted by Crippen LogP contribution is -2.15. The van der Waals surface area contributed by atoms with Crippen molar-refractivity contribution in [3.63, 3.8) is 0 Å². The first-order chi connectivity index (χ1) is 9.63. The highest BCUT2D eigenvalue weighted by atomic mass is 19.1. The molecule has 1 N–H and O–H groups in total. The number of non-ortho nitro benzene ring substituents is 1. The molecule has 1 aliphatic carbocycles. The summed E-state index contributed by atoms with van der Waals surface area (Å²) < 4.78 is 19.0. The van der Waals surface area contributed by atoms with Gasteiger partial charge in [-0.2, -0.15) is 0 Å². The fourth-order valence-corrected chi connectivity index (χ4v) is 1.84. The van der Waals surface area contributed by atoms with E-state index in [0.717, 1.165) is 6.07 Å². The van der Waals surface area contributed by atoms with E-state index in [1.165, 1.54) is 31.2 Å². The molecule has 0 unspecified atom stereocenters. The van der Waals surface area contributed by atoms with Crippen LogP contribution < -0.4 is 5.32 Å². The Morgan fingerprint density at radius 1 is 1.50 bits per heavy atom. The third-order valence-corrected chi connectivity index (χ3v) is 3.09. The van der Waals surface area contributed by atoms with Crippen molar-refractivity contribution in [2.45, 2.75) is 25.4 Å². The summed E-state index contributed by atoms with van der Waals surface area (Å²) >= 11 is 0. The van der Waals surface area contributed by atoms with Crippen molar-refractivity contribution in [1.29, 1.82) is 0 Å². The van der Waals surface area contributed by atoms with Crippen molar-refractivity contribution in [3.05, 3.63) is 46.1 Å². The summed E-state index contributed by atoms with van der Waals surface area (Å²) in [5.74, 6) is -0.590. The van der Waals surface area contributed by atoms with Gasteiger partial charge in [0, 0.05) is 18.7 Å². The maximum Gasteiger partial charge on any atom is 0.272 e. The Morgan fingerprint density at radius 2 is 2.30 bits per heavy atom. The van der Waals surface area contributed by atoms with Gasteiger partial charge in [0.15, 0.2) is 0 Å². The number of nitro benzene ring substituents is 1. The molecule has 0 atom stereocenters. The van der Waals surface area contributed by atoms with Gasteiger partial charge in [0.25, 0.3) is 5.69 Å². The molecule has 0 aliphatic heterocycles. The van der Waals surface area contributed by atoms with Gasteiger partial charge in [0.2, 0.25) is 5.89 Å². The van der Waals surface area contributed by atoms with Crippen LogP contribution in [-0.2, 0) is 6.54 Å². The number of hydrogen-bond acceptors (Lipinski definition) is 5. The molecule has 1 fully saturated rings. The Balaban J connectivity index is 1.79. The van der Waals surface area contributed by atoms with Gasteiger partial charge >= 0.3 is 0 Å². The molecular weight excluding hydrogens is 265 g/mol. The molecule has 2 aromatic rings. The highest BCUT2D eigenvalue weighted by Crippen LogP contribution is 2.26. The van der Waals surface area contributed by atoms with Crippen molar-refractivity contribution in [3.8, 4) is 11.5 Å². The maximum atomic E-state index is 13.8. The lowest BCUT2D eigenvalue weighted by atomic mass is 10.2. The molecular formula is C13H12FN3O3. The highest BCUT2D eigenvalue weighted by molar-refractivity contribution is 5.57. The Morgan fingerprint density at radius 3 is 2.95 bits per heavy atom. The standard InChI is InChI=1S/C13H12FN3O3/c14-12-5-10(17(18)19)3-4-11(12)13-16-9(7-20-13)6-15-8-1-2-8/h3-5,7-8,15H,1-2,6H2. The Kier molecular flexibility index (Phi) is 3.19. The van der Waals surface area contributed by atoms with Gasteiger partial charge < -0.3 is 9.73 Å². The van der Waals surface area contributed by atoms with Crippen LogP contribution in [0.25, 0.3) is 11.5 Å². The van der Waals surface area contributed by atoms with Gasteiger partial charge in [-0.1, -0.05) is 0 Å². The van der Waals surface area contributed by atoms with Crippen LogP contribution in [0.3, 0.4) is 0 Å². The van der Waals surface area contributed by atoms with Gasteiger partial charge in [-0.05, 0) is 18.9 Å². The van der Waals surface area contributed by atoms with Gasteiger partial charge in [-0.3, -0.25) is 10.1 Å². The van der Waals surface area contributed by atoms with Crippen molar-refractivity contribution in [2.75, 3.05) is 0 Å². The number of oxazole rings is 1. The summed E-state index contributed by atoms with van der Waals surface area (Å²) in [5.41, 5.74) is 0.506. The van der Waals surface area contributed by atoms with Crippen LogP contribution in [0.1, 0.15) is 18.5 Å². The van der Waals surface area contributed by atoms with E-state index in [4.69, 9.17) is 4.42 Å². The number of hydrogen-bond donors (Lipinski definition) is 1. The molecule has 1 heterocycles. The topological polar surface area (TPSA) is 81.2 Å². The molecule has 1 saturated carbocycles. The largest absolute Gasteiger partial charge is 0.444 e. The summed E-state index contributed by atoms with van der Waals surface area (Å²) in [6.07, 6.45) is 3.80. The highest BCUT2D eigenvalue weighted by Gasteiger charge is 2.21. The van der Waals surface area contributed by atoms with Crippen molar-refractivity contribution >= 4 is 5.69 Å². The summed E-state index contributed by atoms with van der Waals surface area (Å²) in [5, 5.41) is 13.8. The fourth-order valence-electron chi connectivity index (χ4n) is 1.84. The average molecular weight is 277 g/mol. The monoisotopic (exact) mass is 277 g/mol. The normalized spacial score (nSPS) is 14.4. The zero-order chi connectivity index (χ0) is 14.1. The number of rotatable bonds is 5. The molecule has 7 heteroatoms. The van der Waals surface area contributed by atoms with Gasteiger partial charge in [-0.15, -0.1) is 0 Å². The number of aromatic nitrogens is 1. The molecule has 0 radical (unpaired) electrons. The molecule has 1 aromatic heterocycles. The van der Waals surface area contributed by atoms with Crippen LogP contribution in [-0.4, -0.2) is 15.9 Å². The van der Waals surface area contributed by atoms with E-state index in [9.17, 15) is 14.5 Å². The molecule has 3 rings (SSSR count). The third kappa shape index (κ3) is 2.67. The zero-order valence-corrected chi connectivity index (χ0v) is 10.5. The van der Waals surface area contributed by atoms with E-state index < -0.39 is 10.7 Å². The van der Waals surface area contributed by atoms with Crippen molar-refractivity contribution < 1.29 is 13.7 Å². The van der Waals surface area contributed by atoms with E-state index in [1.54, 1.807) is 0 Å². The van der Waals surface area contributed by atoms with Gasteiger partial charge in [-0.25, -0.2) is 9.37 Å². The van der Waals surface area contributed by atoms with Crippen LogP contribution in [0.5, 0.6) is 0 Å². The number of nitrogens with one attached hydrogen (secondary N) is 1. The fraction of sp³-hybridized carbons (Fsp3) is 0.308. The van der Waals surface area contributed by atoms with Crippen molar-refractivity contribution in [1.82, 2.24) is 10.3 Å². The van der Waals surface area contributed by atoms with Crippen LogP contribution in [0.2, 0.25) is 0 Å². The minimum Gasteiger partial charge on any atom is -0.444 e. The molecule has 1 aliphatic rings. The second-order valence-electron chi connectivity index (χ2n) is 4.72. The van der Waals surface area contributed by atoms with Gasteiger partial charge in [0.05, 0.1) is 22.2 Å². The van der Waals surface area contributed by atoms with Crippen LogP contribution in [0.15, 0.2) is 28.9 Å². The van der Waals surface area contributed by atoms with Crippen LogP contribution in [0, 0.1) is 15.9 Å². The first-order valence-corrected chi connectivity index (χ1v) is 6.25. The second-order valence-corrected chi connectivity index (χ2v) is 4.72. The molecule has 0 spiro atoms. The quantitative estimate of drug-likeness (QED) is 0.671. The molecule has 0 bridgehead atoms. The summed E-state index contributed by atoms with van der Waals surface area (Å²) in [4.78, 5) is 14.1. The number of benzene rings is 1. The number of nitro groups is 1. The van der Waals surface area contributed by atoms with E-state index >= 15 is 0 Å². The Bertz CT molecular complexity index is 652. The lowest BCUT2D eigenvalue weighted by Gasteiger charge is -1.98. The summed E-state index contributed by atoms with van der Waals surface area (Å²) in [6.45, 7) is 0.572. The summed E-state index contributed by atoms with van der Waals surface area (Å²) in [7, 11) is 0. The number of nitrogens with zero attached hydrogens (tertiary/aromatic N) is 2. The summed E-state index contributed by atoms with van der Waals surface area (Å²) in [6, 6.07) is 3.94. The molecule has 1 aromatic carbocycles. The van der Waals surface area contributed by atoms with Gasteiger partial charge in [0.1, 0.15) is 12.1 Å². The smallest absolute Gasteiger partial charge is 0.272 e. The molecule has 104 valence electrons. The first kappa shape index (κ1) is 12.7. The van der Waals surface area contributed by atoms with Crippen molar-refractivity contribution in [2.24, 2.45) is 0 Å². The first-order valence-electron chi connectivity index (χ1n) is 6.25. The molecule has 0 amide bonds. The lowest BCUT2D eigenvalue weighted by molar-refractivity contribution is -0.385. The minimum atomic E-state index is -0.720. The predicted molar refractivity (Wildman–Crippen MR) is 68.4 cm³/mol. The molecule has 0 saturated heterocycles. The van der Waals surface area contributed by atoms with E-state index in [0.29, 0.717) is 18.3 Å². The molecule has 6 nitrogen and oxygen atoms in total. The maximum absolute atomic E-state index is 13.8. The van der Waals surface area contributed by atoms with E-state index in [1.807, 2.05) is 0 Å². The van der Waals surface area contributed by atoms with Crippen LogP contribution in [0.4, 0.5) is 10.1 Å². The second kappa shape index (κ2) is 5.01.